The first-order valence-corrected chi connectivity index (χ1v) is 23.3. The molecule has 5 rings (SSSR count). The third-order valence-corrected chi connectivity index (χ3v) is 10.5. The number of imide groups is 1. The minimum atomic E-state index is -0.178. The number of carbonyl (C=O) groups is 2. The summed E-state index contributed by atoms with van der Waals surface area (Å²) in [7, 11) is 9.36. The van der Waals surface area contributed by atoms with E-state index in [9.17, 15) is 9.59 Å². The van der Waals surface area contributed by atoms with E-state index in [2.05, 4.69) is 190 Å². The molecule has 0 saturated carbocycles. The first-order chi connectivity index (χ1) is 31.2. The number of ether oxygens (including phenoxy) is 2. The van der Waals surface area contributed by atoms with Crippen LogP contribution in [0.2, 0.25) is 0 Å². The maximum atomic E-state index is 11.0. The lowest BCUT2D eigenvalue weighted by atomic mass is 10.2. The van der Waals surface area contributed by atoms with Crippen LogP contribution in [0.5, 0.6) is 0 Å². The van der Waals surface area contributed by atoms with E-state index < -0.39 is 0 Å². The summed E-state index contributed by atoms with van der Waals surface area (Å²) >= 11 is 7.13. The molecule has 4 aliphatic rings. The number of nitrogens with zero attached hydrogens (tertiary/aromatic N) is 4. The lowest BCUT2D eigenvalue weighted by Crippen LogP contribution is -2.26. The molecular formula is C60H114ClN5O5S. The zero-order valence-corrected chi connectivity index (χ0v) is 50.0. The predicted molar refractivity (Wildman–Crippen MR) is 335 cm³/mol. The molecule has 1 aromatic rings. The van der Waals surface area contributed by atoms with Gasteiger partial charge in [-0.25, -0.2) is 9.98 Å². The van der Waals surface area contributed by atoms with Gasteiger partial charge < -0.3 is 20.7 Å². The highest BCUT2D eigenvalue weighted by Gasteiger charge is 2.48. The second kappa shape index (κ2) is 62.5. The molecular weight excluding hydrogens is 938 g/mol. The third kappa shape index (κ3) is 69.6. The number of benzene rings is 1. The van der Waals surface area contributed by atoms with E-state index >= 15 is 0 Å². The molecule has 4 atom stereocenters. The van der Waals surface area contributed by atoms with E-state index in [1.165, 1.54) is 30.9 Å². The van der Waals surface area contributed by atoms with Crippen molar-refractivity contribution in [3.63, 3.8) is 0 Å². The topological polar surface area (TPSA) is 142 Å². The summed E-state index contributed by atoms with van der Waals surface area (Å²) in [5.41, 5.74) is 5.47. The molecule has 4 unspecified atom stereocenters. The van der Waals surface area contributed by atoms with Gasteiger partial charge in [-0.1, -0.05) is 122 Å². The smallest absolute Gasteiger partial charge is 0.256 e. The van der Waals surface area contributed by atoms with Crippen molar-refractivity contribution < 1.29 is 24.2 Å². The average Bonchev–Trinajstić information content (AvgIpc) is 4.16. The lowest BCUT2D eigenvalue weighted by molar-refractivity contribution is -0.135. The van der Waals surface area contributed by atoms with Crippen LogP contribution in [-0.2, 0) is 19.1 Å². The minimum absolute atomic E-state index is 0. The lowest BCUT2D eigenvalue weighted by Gasteiger charge is -2.04. The monoisotopic (exact) mass is 1050 g/mol. The molecule has 4 heterocycles. The summed E-state index contributed by atoms with van der Waals surface area (Å²) in [6, 6.07) is 9.08. The largest absolute Gasteiger partial charge is 0.450 e. The normalized spacial score (nSPS) is 16.8. The first-order valence-electron chi connectivity index (χ1n) is 22.0. The van der Waals surface area contributed by atoms with E-state index in [1.54, 1.807) is 47.9 Å². The molecule has 0 bridgehead atoms. The Hall–Kier alpha value is -4.64. The number of epoxide rings is 1. The van der Waals surface area contributed by atoms with Crippen LogP contribution >= 0.6 is 23.4 Å². The van der Waals surface area contributed by atoms with Gasteiger partial charge in [-0.15, -0.1) is 25.5 Å². The van der Waals surface area contributed by atoms with Gasteiger partial charge >= 0.3 is 0 Å². The summed E-state index contributed by atoms with van der Waals surface area (Å²) in [5, 5.41) is 8.55. The number of rotatable bonds is 1. The maximum Gasteiger partial charge on any atom is 0.256 e. The summed E-state index contributed by atoms with van der Waals surface area (Å²) in [4.78, 5) is 32.2. The first kappa shape index (κ1) is 100. The summed E-state index contributed by atoms with van der Waals surface area (Å²) < 4.78 is 9.80. The van der Waals surface area contributed by atoms with E-state index in [0.29, 0.717) is 32.6 Å². The molecule has 4 aliphatic heterocycles. The molecule has 0 aliphatic carbocycles. The Bertz CT molecular complexity index is 1640. The molecule has 72 heavy (non-hydrogen) atoms. The Labute approximate surface area is 458 Å². The number of likely N-dealkylation sites (N-methyl/N-ethyl adjacent to an activating group) is 2. The van der Waals surface area contributed by atoms with Crippen LogP contribution in [0.4, 0.5) is 0 Å². The van der Waals surface area contributed by atoms with Gasteiger partial charge in [0.15, 0.2) is 0 Å². The van der Waals surface area contributed by atoms with Gasteiger partial charge in [0.2, 0.25) is 0 Å². The van der Waals surface area contributed by atoms with Crippen LogP contribution in [0.3, 0.4) is 0 Å². The van der Waals surface area contributed by atoms with Crippen molar-refractivity contribution in [2.24, 2.45) is 9.98 Å². The highest BCUT2D eigenvalue weighted by atomic mass is 35.5. The number of methoxy groups -OCH3 is 1. The molecule has 3 saturated heterocycles. The fourth-order valence-electron chi connectivity index (χ4n) is 3.37. The standard InChI is InChI=1S/C9H10.C7H9NO2.C6H13N.C5H10O.C5H10S.C4H8.C3H5Cl.2C3H5N.C3H4O.C3H6.C3H4.C2H6.CH4O.3CH4.H3N/c1-3-9-6-4-8(2)5-7-9;1-4-5(2)7(10)8(3)6(4)9;1-5-6(2,3)7(5)4;2*1-4-5(2,3)6-4;1-4(2)3;1-3(2)4;3*1-3-4-2;2*1-3-2;2*1-2;;;;/h3-7H,1H2,2H3;1-3H3;5H,1-4H3;2*4H,1-3H3;1H2,2-3H3;3*1H2,2H3;1H,2H3;3H,1H2,2H3;1H,2H3;1-2H3;2H,1H3;3*1H4;1H3. The number of amides is 2. The van der Waals surface area contributed by atoms with Crippen LogP contribution in [0, 0.1) is 31.8 Å². The average molecular weight is 1050 g/mol. The summed E-state index contributed by atoms with van der Waals surface area (Å²) in [6.45, 7) is 58.8. The fourth-order valence-corrected chi connectivity index (χ4v) is 4.21. The van der Waals surface area contributed by atoms with Crippen molar-refractivity contribution in [1.29, 1.82) is 0 Å². The molecule has 3 fully saturated rings. The Morgan fingerprint density at radius 1 is 0.847 bits per heavy atom. The van der Waals surface area contributed by atoms with E-state index in [4.69, 9.17) is 21.4 Å². The SMILES string of the molecule is C.C.C.C#CC.C#COC.C=C(C)C.C=C(C)Cl.C=C=NC.C=C=NC.C=CC.C=Cc1ccc(C)cc1.CC.CC1=C(C)C(=O)N(C)C1=O.CC1N(C)C1(C)C.CC1OC1(C)C.CC1SC1(C)C.CO.N. The quantitative estimate of drug-likeness (QED) is 0.0931. The second-order valence-electron chi connectivity index (χ2n) is 15.9. The van der Waals surface area contributed by atoms with Crippen LogP contribution in [0.25, 0.3) is 6.08 Å². The Kier molecular flexibility index (Phi) is 87.1. The van der Waals surface area contributed by atoms with Crippen LogP contribution in [-0.4, -0.2) is 114 Å². The van der Waals surface area contributed by atoms with Gasteiger partial charge in [0, 0.05) is 66.0 Å². The van der Waals surface area contributed by atoms with Crippen molar-refractivity contribution in [3.8, 4) is 24.9 Å². The number of allylic oxidation sites excluding steroid dienone is 3. The van der Waals surface area contributed by atoms with Crippen molar-refractivity contribution >= 4 is 53.0 Å². The summed E-state index contributed by atoms with van der Waals surface area (Å²) in [6.07, 6.45) is 15.2. The predicted octanol–water partition coefficient (Wildman–Crippen LogP) is 16.2. The van der Waals surface area contributed by atoms with Crippen LogP contribution in [0.15, 0.2) is 102 Å². The maximum absolute atomic E-state index is 11.0. The Morgan fingerprint density at radius 3 is 1.10 bits per heavy atom. The number of hydrogen-bond acceptors (Lipinski definition) is 10. The molecule has 1 aromatic carbocycles. The number of aliphatic hydroxyl groups excluding tert-OH is 1. The molecule has 0 radical (unpaired) electrons. The number of terminal acetylenes is 2. The van der Waals surface area contributed by atoms with Gasteiger partial charge in [-0.05, 0) is 148 Å². The van der Waals surface area contributed by atoms with E-state index in [-0.39, 0.29) is 45.8 Å². The molecule has 2 amide bonds. The van der Waals surface area contributed by atoms with Crippen LogP contribution in [0.1, 0.15) is 158 Å². The number of thioether (sulfide) groups is 1. The number of carbonyl (C=O) groups excluding carboxylic acids is 2. The number of halogens is 1. The Morgan fingerprint density at radius 2 is 1.03 bits per heavy atom. The molecule has 0 aromatic heterocycles. The highest BCUT2D eigenvalue weighted by Crippen LogP contribution is 2.52. The van der Waals surface area contributed by atoms with Gasteiger partial charge in [0.25, 0.3) is 11.8 Å². The number of aryl methyl sites for hydroxylation is 1. The highest BCUT2D eigenvalue weighted by molar-refractivity contribution is 8.08. The molecule has 0 spiro atoms. The number of aliphatic hydroxyl groups is 1. The minimum Gasteiger partial charge on any atom is -0.450 e. The second-order valence-corrected chi connectivity index (χ2v) is 18.5. The molecule has 4 N–H and O–H groups in total. The van der Waals surface area contributed by atoms with Crippen molar-refractivity contribution in [3.05, 3.63) is 103 Å². The number of hydrogen-bond donors (Lipinski definition) is 2. The molecule has 10 nitrogen and oxygen atoms in total. The van der Waals surface area contributed by atoms with Gasteiger partial charge in [0.05, 0.1) is 18.8 Å². The summed E-state index contributed by atoms with van der Waals surface area (Å²) in [5.74, 6) is 6.50. The zero-order valence-electron chi connectivity index (χ0n) is 48.5. The van der Waals surface area contributed by atoms with Crippen molar-refractivity contribution in [1.82, 2.24) is 16.0 Å². The van der Waals surface area contributed by atoms with Gasteiger partial charge in [-0.3, -0.25) is 19.4 Å². The van der Waals surface area contributed by atoms with Crippen molar-refractivity contribution in [2.75, 3.05) is 42.4 Å². The van der Waals surface area contributed by atoms with Gasteiger partial charge in [-0.2, -0.15) is 11.8 Å². The van der Waals surface area contributed by atoms with Crippen molar-refractivity contribution in [2.45, 2.75) is 187 Å². The zero-order chi connectivity index (χ0) is 56.6. The Balaban J connectivity index is -0.0000000483. The number of aliphatic imine (C=N–C) groups is 2. The third-order valence-electron chi connectivity index (χ3n) is 8.81. The fraction of sp³-hybridized carbons (Fsp3) is 0.567. The van der Waals surface area contributed by atoms with E-state index in [1.807, 2.05) is 58.6 Å². The van der Waals surface area contributed by atoms with E-state index in [0.717, 1.165) is 23.3 Å². The van der Waals surface area contributed by atoms with Gasteiger partial charge in [0.1, 0.15) is 6.11 Å². The molecule has 12 heteroatoms. The van der Waals surface area contributed by atoms with Crippen LogP contribution < -0.4 is 6.15 Å². The molecule has 422 valence electrons.